The van der Waals surface area contributed by atoms with Crippen molar-refractivity contribution in [2.24, 2.45) is 5.73 Å². The molecule has 1 atom stereocenters. The molecule has 2 amide bonds. The number of rotatable bonds is 5. The van der Waals surface area contributed by atoms with Gasteiger partial charge in [0.2, 0.25) is 5.91 Å². The van der Waals surface area contributed by atoms with Crippen LogP contribution in [-0.2, 0) is 9.53 Å². The van der Waals surface area contributed by atoms with Crippen LogP contribution in [0.25, 0.3) is 0 Å². The highest BCUT2D eigenvalue weighted by Crippen LogP contribution is 2.31. The van der Waals surface area contributed by atoms with E-state index in [2.05, 4.69) is 0 Å². The quantitative estimate of drug-likeness (QED) is 0.855. The first-order chi connectivity index (χ1) is 12.7. The summed E-state index contributed by atoms with van der Waals surface area (Å²) in [7, 11) is 0. The molecule has 5 heteroatoms. The summed E-state index contributed by atoms with van der Waals surface area (Å²) in [5, 5.41) is 0. The number of carbonyl (C=O) groups is 2. The Balaban J connectivity index is 2.59. The highest BCUT2D eigenvalue weighted by molar-refractivity contribution is 5.96. The standard InChI is InChI=1S/C22H28N2O3/c1-5-18(23)20(25)24(21(26)27-22(2,3)4)19(16-12-8-6-9-13-16)17-14-10-7-11-15-17/h6-15,18-19H,5,23H2,1-4H3. The van der Waals surface area contributed by atoms with Gasteiger partial charge in [-0.2, -0.15) is 0 Å². The van der Waals surface area contributed by atoms with Crippen LogP contribution in [0.2, 0.25) is 0 Å². The van der Waals surface area contributed by atoms with Gasteiger partial charge in [-0.05, 0) is 38.3 Å². The van der Waals surface area contributed by atoms with Crippen molar-refractivity contribution in [2.75, 3.05) is 0 Å². The Kier molecular flexibility index (Phi) is 6.75. The molecule has 0 aliphatic carbocycles. The number of hydrogen-bond acceptors (Lipinski definition) is 4. The second kappa shape index (κ2) is 8.82. The number of carbonyl (C=O) groups excluding carboxylic acids is 2. The maximum Gasteiger partial charge on any atom is 0.417 e. The minimum absolute atomic E-state index is 0.425. The van der Waals surface area contributed by atoms with Crippen molar-refractivity contribution in [3.8, 4) is 0 Å². The van der Waals surface area contributed by atoms with E-state index < -0.39 is 29.7 Å². The molecule has 0 saturated carbocycles. The molecule has 2 N–H and O–H groups in total. The van der Waals surface area contributed by atoms with Gasteiger partial charge in [0.1, 0.15) is 5.60 Å². The Morgan fingerprint density at radius 1 is 0.963 bits per heavy atom. The number of amides is 2. The first kappa shape index (κ1) is 20.6. The number of hydrogen-bond donors (Lipinski definition) is 1. The molecule has 0 saturated heterocycles. The smallest absolute Gasteiger partial charge is 0.417 e. The van der Waals surface area contributed by atoms with Gasteiger partial charge in [0.15, 0.2) is 0 Å². The maximum atomic E-state index is 13.1. The summed E-state index contributed by atoms with van der Waals surface area (Å²) < 4.78 is 5.55. The first-order valence-electron chi connectivity index (χ1n) is 9.16. The van der Waals surface area contributed by atoms with E-state index in [-0.39, 0.29) is 0 Å². The van der Waals surface area contributed by atoms with Gasteiger partial charge in [-0.3, -0.25) is 4.79 Å². The Hall–Kier alpha value is -2.66. The minimum Gasteiger partial charge on any atom is -0.443 e. The summed E-state index contributed by atoms with van der Waals surface area (Å²) in [5.74, 6) is -0.454. The van der Waals surface area contributed by atoms with Crippen molar-refractivity contribution in [1.29, 1.82) is 0 Å². The predicted molar refractivity (Wildman–Crippen MR) is 106 cm³/mol. The molecular weight excluding hydrogens is 340 g/mol. The van der Waals surface area contributed by atoms with Crippen molar-refractivity contribution in [3.63, 3.8) is 0 Å². The molecule has 0 spiro atoms. The number of imide groups is 1. The van der Waals surface area contributed by atoms with E-state index in [0.717, 1.165) is 16.0 Å². The fraction of sp³-hybridized carbons (Fsp3) is 0.364. The second-order valence-corrected chi connectivity index (χ2v) is 7.43. The van der Waals surface area contributed by atoms with Crippen LogP contribution >= 0.6 is 0 Å². The largest absolute Gasteiger partial charge is 0.443 e. The first-order valence-corrected chi connectivity index (χ1v) is 9.16. The van der Waals surface area contributed by atoms with E-state index in [1.165, 1.54) is 0 Å². The zero-order valence-corrected chi connectivity index (χ0v) is 16.4. The van der Waals surface area contributed by atoms with Gasteiger partial charge in [0.25, 0.3) is 0 Å². The van der Waals surface area contributed by atoms with Gasteiger partial charge >= 0.3 is 6.09 Å². The fourth-order valence-electron chi connectivity index (χ4n) is 2.75. The average molecular weight is 368 g/mol. The van der Waals surface area contributed by atoms with Crippen molar-refractivity contribution in [1.82, 2.24) is 4.90 Å². The van der Waals surface area contributed by atoms with E-state index in [0.29, 0.717) is 6.42 Å². The number of benzene rings is 2. The van der Waals surface area contributed by atoms with Crippen molar-refractivity contribution >= 4 is 12.0 Å². The third kappa shape index (κ3) is 5.41. The Bertz CT molecular complexity index is 715. The molecular formula is C22H28N2O3. The summed E-state index contributed by atoms with van der Waals surface area (Å²) in [4.78, 5) is 27.3. The molecule has 2 aromatic rings. The third-order valence-electron chi connectivity index (χ3n) is 4.07. The molecule has 5 nitrogen and oxygen atoms in total. The van der Waals surface area contributed by atoms with E-state index in [1.807, 2.05) is 67.6 Å². The lowest BCUT2D eigenvalue weighted by Crippen LogP contribution is -2.50. The van der Waals surface area contributed by atoms with Gasteiger partial charge in [-0.25, -0.2) is 9.69 Å². The summed E-state index contributed by atoms with van der Waals surface area (Å²) in [6, 6.07) is 17.4. The zero-order valence-electron chi connectivity index (χ0n) is 16.4. The summed E-state index contributed by atoms with van der Waals surface area (Å²) in [6.45, 7) is 7.13. The number of nitrogens with two attached hydrogens (primary N) is 1. The normalized spacial score (nSPS) is 12.5. The molecule has 0 fully saturated rings. The Morgan fingerprint density at radius 2 is 1.41 bits per heavy atom. The van der Waals surface area contributed by atoms with Crippen LogP contribution < -0.4 is 5.73 Å². The van der Waals surface area contributed by atoms with Gasteiger partial charge in [-0.15, -0.1) is 0 Å². The molecule has 1 unspecified atom stereocenters. The Morgan fingerprint density at radius 3 is 1.78 bits per heavy atom. The van der Waals surface area contributed by atoms with Crippen LogP contribution in [0, 0.1) is 0 Å². The summed E-state index contributed by atoms with van der Waals surface area (Å²) >= 11 is 0. The van der Waals surface area contributed by atoms with Crippen LogP contribution in [-0.4, -0.2) is 28.5 Å². The zero-order chi connectivity index (χ0) is 20.0. The van der Waals surface area contributed by atoms with Crippen LogP contribution in [0.3, 0.4) is 0 Å². The number of nitrogens with zero attached hydrogens (tertiary/aromatic N) is 1. The average Bonchev–Trinajstić information content (AvgIpc) is 2.64. The molecule has 0 aliphatic heterocycles. The molecule has 0 radical (unpaired) electrons. The van der Waals surface area contributed by atoms with Crippen LogP contribution in [0.1, 0.15) is 51.3 Å². The third-order valence-corrected chi connectivity index (χ3v) is 4.07. The number of ether oxygens (including phenoxy) is 1. The van der Waals surface area contributed by atoms with Gasteiger partial charge < -0.3 is 10.5 Å². The van der Waals surface area contributed by atoms with E-state index in [1.54, 1.807) is 20.8 Å². The predicted octanol–water partition coefficient (Wildman–Crippen LogP) is 4.28. The SMILES string of the molecule is CCC(N)C(=O)N(C(=O)OC(C)(C)C)C(c1ccccc1)c1ccccc1. The van der Waals surface area contributed by atoms with Gasteiger partial charge in [-0.1, -0.05) is 67.6 Å². The van der Waals surface area contributed by atoms with E-state index >= 15 is 0 Å². The van der Waals surface area contributed by atoms with Crippen LogP contribution in [0.5, 0.6) is 0 Å². The molecule has 2 rings (SSSR count). The monoisotopic (exact) mass is 368 g/mol. The second-order valence-electron chi connectivity index (χ2n) is 7.43. The van der Waals surface area contributed by atoms with Crippen LogP contribution in [0.15, 0.2) is 60.7 Å². The van der Waals surface area contributed by atoms with Crippen molar-refractivity contribution in [3.05, 3.63) is 71.8 Å². The minimum atomic E-state index is -0.785. The molecule has 27 heavy (non-hydrogen) atoms. The van der Waals surface area contributed by atoms with Crippen molar-refractivity contribution in [2.45, 2.75) is 51.8 Å². The maximum absolute atomic E-state index is 13.1. The van der Waals surface area contributed by atoms with Gasteiger partial charge in [0, 0.05) is 0 Å². The molecule has 0 heterocycles. The van der Waals surface area contributed by atoms with E-state index in [4.69, 9.17) is 10.5 Å². The van der Waals surface area contributed by atoms with Crippen molar-refractivity contribution < 1.29 is 14.3 Å². The lowest BCUT2D eigenvalue weighted by atomic mass is 9.96. The van der Waals surface area contributed by atoms with E-state index in [9.17, 15) is 9.59 Å². The topological polar surface area (TPSA) is 72.6 Å². The molecule has 0 aliphatic rings. The highest BCUT2D eigenvalue weighted by atomic mass is 16.6. The molecule has 144 valence electrons. The summed E-state index contributed by atoms with van der Waals surface area (Å²) in [6.07, 6.45) is -0.275. The lowest BCUT2D eigenvalue weighted by Gasteiger charge is -2.34. The highest BCUT2D eigenvalue weighted by Gasteiger charge is 2.37. The molecule has 0 aromatic heterocycles. The molecule has 2 aromatic carbocycles. The summed E-state index contributed by atoms with van der Waals surface area (Å²) in [5.41, 5.74) is 6.90. The molecule has 0 bridgehead atoms. The fourth-order valence-corrected chi connectivity index (χ4v) is 2.75. The lowest BCUT2D eigenvalue weighted by molar-refractivity contribution is -0.133. The van der Waals surface area contributed by atoms with Crippen LogP contribution in [0.4, 0.5) is 4.79 Å². The Labute approximate surface area is 161 Å². The van der Waals surface area contributed by atoms with Gasteiger partial charge in [0.05, 0.1) is 12.1 Å².